The predicted molar refractivity (Wildman–Crippen MR) is 102 cm³/mol. The van der Waals surface area contributed by atoms with E-state index in [1.807, 2.05) is 26.0 Å². The molecule has 3 heterocycles. The maximum Gasteiger partial charge on any atom is 0.292 e. The van der Waals surface area contributed by atoms with Gasteiger partial charge in [0.1, 0.15) is 17.0 Å². The van der Waals surface area contributed by atoms with Crippen LogP contribution in [0.2, 0.25) is 0 Å². The van der Waals surface area contributed by atoms with E-state index in [1.165, 1.54) is 0 Å². The first-order valence-electron chi connectivity index (χ1n) is 8.34. The second-order valence-corrected chi connectivity index (χ2v) is 7.23. The second kappa shape index (κ2) is 5.81. The Labute approximate surface area is 154 Å². The zero-order chi connectivity index (χ0) is 19.3. The highest BCUT2D eigenvalue weighted by atomic mass is 16.4. The summed E-state index contributed by atoms with van der Waals surface area (Å²) >= 11 is 0. The lowest BCUT2D eigenvalue weighted by Gasteiger charge is -2.21. The van der Waals surface area contributed by atoms with Gasteiger partial charge in [-0.2, -0.15) is 20.1 Å². The van der Waals surface area contributed by atoms with E-state index >= 15 is 0 Å². The molecule has 1 aromatic carbocycles. The van der Waals surface area contributed by atoms with Gasteiger partial charge < -0.3 is 26.7 Å². The number of hydrogen-bond acceptors (Lipinski definition) is 9. The monoisotopic (exact) mass is 368 g/mol. The van der Waals surface area contributed by atoms with Gasteiger partial charge in [0.25, 0.3) is 6.01 Å². The lowest BCUT2D eigenvalue weighted by Crippen LogP contribution is -2.24. The van der Waals surface area contributed by atoms with Gasteiger partial charge in [0.2, 0.25) is 5.95 Å². The molecule has 140 valence electrons. The number of nitrogens with zero attached hydrogens (tertiary/aromatic N) is 5. The molecule has 0 atom stereocenters. The fraction of sp³-hybridized carbons (Fsp3) is 0.294. The van der Waals surface area contributed by atoms with Crippen molar-refractivity contribution in [2.24, 2.45) is 5.41 Å². The number of nitrogens with two attached hydrogens (primary N) is 3. The Hall–Kier alpha value is -3.40. The fourth-order valence-corrected chi connectivity index (χ4v) is 2.98. The molecule has 4 rings (SSSR count). The molecule has 0 aliphatic carbocycles. The first-order valence-corrected chi connectivity index (χ1v) is 8.34. The highest BCUT2D eigenvalue weighted by molar-refractivity contribution is 6.00. The predicted octanol–water partition coefficient (Wildman–Crippen LogP) is 1.40. The number of benzene rings is 1. The molecule has 0 spiro atoms. The van der Waals surface area contributed by atoms with Crippen LogP contribution in [0.3, 0.4) is 0 Å². The molecule has 0 bridgehead atoms. The quantitative estimate of drug-likeness (QED) is 0.416. The second-order valence-electron chi connectivity index (χ2n) is 7.23. The van der Waals surface area contributed by atoms with Crippen molar-refractivity contribution < 1.29 is 9.52 Å². The Kier molecular flexibility index (Phi) is 3.67. The molecule has 3 aromatic heterocycles. The summed E-state index contributed by atoms with van der Waals surface area (Å²) in [6.07, 6.45) is 0. The Morgan fingerprint density at radius 2 is 1.93 bits per heavy atom. The van der Waals surface area contributed by atoms with E-state index in [0.717, 1.165) is 5.56 Å². The number of aliphatic hydroxyl groups excluding tert-OH is 1. The van der Waals surface area contributed by atoms with Crippen molar-refractivity contribution in [1.29, 1.82) is 0 Å². The summed E-state index contributed by atoms with van der Waals surface area (Å²) in [4.78, 5) is 12.5. The summed E-state index contributed by atoms with van der Waals surface area (Å²) in [5.41, 5.74) is 20.2. The Bertz CT molecular complexity index is 1160. The van der Waals surface area contributed by atoms with Gasteiger partial charge >= 0.3 is 0 Å². The van der Waals surface area contributed by atoms with Crippen LogP contribution in [-0.2, 0) is 6.54 Å². The van der Waals surface area contributed by atoms with E-state index in [0.29, 0.717) is 34.4 Å². The van der Waals surface area contributed by atoms with Gasteiger partial charge in [0.05, 0.1) is 11.9 Å². The molecule has 0 saturated carbocycles. The first kappa shape index (κ1) is 17.0. The van der Waals surface area contributed by atoms with E-state index in [2.05, 4.69) is 20.1 Å². The number of aliphatic hydroxyl groups is 1. The zero-order valence-electron chi connectivity index (χ0n) is 15.0. The normalized spacial score (nSPS) is 12.3. The average Bonchev–Trinajstić information content (AvgIpc) is 3.13. The van der Waals surface area contributed by atoms with Crippen LogP contribution in [0.25, 0.3) is 33.4 Å². The topological polar surface area (TPSA) is 168 Å². The van der Waals surface area contributed by atoms with Crippen molar-refractivity contribution in [3.63, 3.8) is 0 Å². The standard InChI is InChI=1S/C17H20N8O2/c1-17(2,7-26)6-25-14-11(13(18)22-15(19)23-14)12(24-25)8-3-4-10-9(5-8)21-16(20)27-10/h3-5,26H,6-7H2,1-2H3,(H2,20,21)(H4,18,19,22,23). The van der Waals surface area contributed by atoms with E-state index in [4.69, 9.17) is 21.6 Å². The Morgan fingerprint density at radius 1 is 1.15 bits per heavy atom. The summed E-state index contributed by atoms with van der Waals surface area (Å²) < 4.78 is 7.01. The summed E-state index contributed by atoms with van der Waals surface area (Å²) in [6, 6.07) is 5.52. The number of aromatic nitrogens is 5. The molecule has 10 heteroatoms. The Morgan fingerprint density at radius 3 is 2.67 bits per heavy atom. The molecule has 0 amide bonds. The molecule has 0 radical (unpaired) electrons. The van der Waals surface area contributed by atoms with Crippen molar-refractivity contribution >= 4 is 39.9 Å². The number of anilines is 3. The van der Waals surface area contributed by atoms with E-state index in [9.17, 15) is 5.11 Å². The maximum absolute atomic E-state index is 9.63. The van der Waals surface area contributed by atoms with E-state index in [-0.39, 0.29) is 24.4 Å². The number of hydrogen-bond donors (Lipinski definition) is 4. The minimum Gasteiger partial charge on any atom is -0.424 e. The van der Waals surface area contributed by atoms with Crippen LogP contribution in [0, 0.1) is 5.41 Å². The third-order valence-electron chi connectivity index (χ3n) is 4.32. The molecule has 4 aromatic rings. The van der Waals surface area contributed by atoms with Gasteiger partial charge in [-0.1, -0.05) is 13.8 Å². The average molecular weight is 368 g/mol. The lowest BCUT2D eigenvalue weighted by atomic mass is 9.95. The van der Waals surface area contributed by atoms with Gasteiger partial charge in [0.15, 0.2) is 11.2 Å². The van der Waals surface area contributed by atoms with Gasteiger partial charge in [-0.25, -0.2) is 4.68 Å². The number of oxazole rings is 1. The van der Waals surface area contributed by atoms with Crippen LogP contribution >= 0.6 is 0 Å². The smallest absolute Gasteiger partial charge is 0.292 e. The van der Waals surface area contributed by atoms with Crippen LogP contribution in [0.5, 0.6) is 0 Å². The molecule has 0 unspecified atom stereocenters. The summed E-state index contributed by atoms with van der Waals surface area (Å²) in [5, 5.41) is 14.9. The summed E-state index contributed by atoms with van der Waals surface area (Å²) in [5.74, 6) is 0.301. The van der Waals surface area contributed by atoms with E-state index in [1.54, 1.807) is 10.7 Å². The van der Waals surface area contributed by atoms with Crippen molar-refractivity contribution in [3.8, 4) is 11.3 Å². The summed E-state index contributed by atoms with van der Waals surface area (Å²) in [6.45, 7) is 4.27. The third kappa shape index (κ3) is 2.89. The van der Waals surface area contributed by atoms with Crippen molar-refractivity contribution in [1.82, 2.24) is 24.7 Å². The highest BCUT2D eigenvalue weighted by Gasteiger charge is 2.24. The third-order valence-corrected chi connectivity index (χ3v) is 4.32. The van der Waals surface area contributed by atoms with Gasteiger partial charge in [-0.15, -0.1) is 0 Å². The van der Waals surface area contributed by atoms with Crippen LogP contribution in [0.15, 0.2) is 22.6 Å². The Balaban J connectivity index is 1.96. The largest absolute Gasteiger partial charge is 0.424 e. The fourth-order valence-electron chi connectivity index (χ4n) is 2.98. The SMILES string of the molecule is CC(C)(CO)Cn1nc(-c2ccc3oc(N)nc3c2)c2c(N)nc(N)nc21. The minimum absolute atomic E-state index is 0.0100. The molecular weight excluding hydrogens is 348 g/mol. The molecule has 7 N–H and O–H groups in total. The van der Waals surface area contributed by atoms with Crippen LogP contribution < -0.4 is 17.2 Å². The molecule has 10 nitrogen and oxygen atoms in total. The molecular formula is C17H20N8O2. The van der Waals surface area contributed by atoms with Gasteiger partial charge in [-0.05, 0) is 18.2 Å². The minimum atomic E-state index is -0.408. The first-order chi connectivity index (χ1) is 12.8. The highest BCUT2D eigenvalue weighted by Crippen LogP contribution is 2.34. The van der Waals surface area contributed by atoms with Crippen LogP contribution in [0.4, 0.5) is 17.8 Å². The van der Waals surface area contributed by atoms with Gasteiger partial charge in [0, 0.05) is 17.6 Å². The van der Waals surface area contributed by atoms with Gasteiger partial charge in [-0.3, -0.25) is 0 Å². The zero-order valence-corrected chi connectivity index (χ0v) is 15.0. The molecule has 0 aliphatic rings. The van der Waals surface area contributed by atoms with E-state index < -0.39 is 5.41 Å². The number of rotatable bonds is 4. The molecule has 0 fully saturated rings. The molecule has 0 saturated heterocycles. The van der Waals surface area contributed by atoms with Crippen LogP contribution in [-0.4, -0.2) is 36.4 Å². The van der Waals surface area contributed by atoms with Crippen molar-refractivity contribution in [2.45, 2.75) is 20.4 Å². The maximum atomic E-state index is 9.63. The number of fused-ring (bicyclic) bond motifs is 2. The van der Waals surface area contributed by atoms with Crippen LogP contribution in [0.1, 0.15) is 13.8 Å². The number of nitrogen functional groups attached to an aromatic ring is 3. The lowest BCUT2D eigenvalue weighted by molar-refractivity contribution is 0.138. The van der Waals surface area contributed by atoms with Crippen molar-refractivity contribution in [2.75, 3.05) is 23.8 Å². The molecule has 0 aliphatic heterocycles. The van der Waals surface area contributed by atoms with Crippen molar-refractivity contribution in [3.05, 3.63) is 18.2 Å². The molecule has 27 heavy (non-hydrogen) atoms. The summed E-state index contributed by atoms with van der Waals surface area (Å²) in [7, 11) is 0.